The van der Waals surface area contributed by atoms with Gasteiger partial charge in [-0.05, 0) is 76.3 Å². The van der Waals surface area contributed by atoms with Crippen molar-refractivity contribution >= 4 is 34.6 Å². The number of nitrogens with zero attached hydrogens (tertiary/aromatic N) is 3. The summed E-state index contributed by atoms with van der Waals surface area (Å²) in [6.45, 7) is 6.05. The van der Waals surface area contributed by atoms with Crippen molar-refractivity contribution in [3.63, 3.8) is 0 Å². The van der Waals surface area contributed by atoms with Gasteiger partial charge < -0.3 is 30.3 Å². The monoisotopic (exact) mass is 590 g/mol. The maximum Gasteiger partial charge on any atom is 0.224 e. The quantitative estimate of drug-likeness (QED) is 0.213. The summed E-state index contributed by atoms with van der Waals surface area (Å²) in [6, 6.07) is 15.3. The minimum atomic E-state index is -0.370. The summed E-state index contributed by atoms with van der Waals surface area (Å²) in [4.78, 5) is 19.3. The number of aromatic nitrogens is 1. The highest BCUT2D eigenvalue weighted by molar-refractivity contribution is 6.32. The Balaban J connectivity index is 1.55. The Kier molecular flexibility index (Phi) is 10.9. The average Bonchev–Trinajstić information content (AvgIpc) is 2.97. The Morgan fingerprint density at radius 1 is 1.19 bits per heavy atom. The fourth-order valence-electron chi connectivity index (χ4n) is 4.96. The van der Waals surface area contributed by atoms with Crippen molar-refractivity contribution in [2.45, 2.75) is 45.8 Å². The van der Waals surface area contributed by atoms with Crippen molar-refractivity contribution in [1.82, 2.24) is 9.88 Å². The lowest BCUT2D eigenvalue weighted by Gasteiger charge is -2.33. The minimum absolute atomic E-state index is 0.0815. The van der Waals surface area contributed by atoms with Crippen LogP contribution in [0.2, 0.25) is 5.02 Å². The lowest BCUT2D eigenvalue weighted by atomic mass is 9.88. The summed E-state index contributed by atoms with van der Waals surface area (Å²) in [5.74, 6) is 0.688. The fraction of sp³-hybridized carbons (Fsp3) is 0.406. The van der Waals surface area contributed by atoms with Gasteiger partial charge in [-0.3, -0.25) is 9.78 Å². The van der Waals surface area contributed by atoms with Crippen LogP contribution in [0.15, 0.2) is 48.7 Å². The van der Waals surface area contributed by atoms with E-state index in [1.165, 1.54) is 0 Å². The van der Waals surface area contributed by atoms with Crippen LogP contribution >= 0.6 is 11.6 Å². The van der Waals surface area contributed by atoms with Crippen molar-refractivity contribution in [2.24, 2.45) is 5.92 Å². The number of amides is 1. The van der Waals surface area contributed by atoms with Crippen LogP contribution in [-0.4, -0.2) is 49.6 Å². The minimum Gasteiger partial charge on any atom is -0.492 e. The van der Waals surface area contributed by atoms with E-state index < -0.39 is 0 Å². The van der Waals surface area contributed by atoms with Crippen LogP contribution in [0.1, 0.15) is 49.6 Å². The number of nitrogens with one attached hydrogen (secondary N) is 3. The number of halogens is 1. The van der Waals surface area contributed by atoms with E-state index in [9.17, 15) is 10.1 Å². The smallest absolute Gasteiger partial charge is 0.224 e. The Labute approximate surface area is 253 Å². The predicted molar refractivity (Wildman–Crippen MR) is 167 cm³/mol. The number of hydrogen-bond acceptors (Lipinski definition) is 8. The van der Waals surface area contributed by atoms with E-state index in [0.29, 0.717) is 48.4 Å². The van der Waals surface area contributed by atoms with Gasteiger partial charge in [0, 0.05) is 42.2 Å². The van der Waals surface area contributed by atoms with Crippen LogP contribution in [0.4, 0.5) is 17.1 Å². The van der Waals surface area contributed by atoms with Gasteiger partial charge in [-0.15, -0.1) is 0 Å². The third kappa shape index (κ3) is 7.84. The molecule has 222 valence electrons. The molecule has 0 bridgehead atoms. The van der Waals surface area contributed by atoms with Gasteiger partial charge in [0.15, 0.2) is 0 Å². The van der Waals surface area contributed by atoms with Crippen molar-refractivity contribution in [3.05, 3.63) is 70.5 Å². The largest absolute Gasteiger partial charge is 0.492 e. The Bertz CT molecular complexity index is 1420. The van der Waals surface area contributed by atoms with Gasteiger partial charge in [-0.1, -0.05) is 24.6 Å². The number of carbonyl (C=O) groups excluding carboxylic acids is 1. The van der Waals surface area contributed by atoms with E-state index >= 15 is 0 Å². The molecule has 0 spiro atoms. The molecule has 3 N–H and O–H groups in total. The topological polar surface area (TPSA) is 112 Å². The van der Waals surface area contributed by atoms with Crippen LogP contribution in [-0.2, 0) is 17.8 Å². The molecule has 0 radical (unpaired) electrons. The third-order valence-corrected chi connectivity index (χ3v) is 7.43. The molecule has 1 amide bonds. The zero-order valence-corrected chi connectivity index (χ0v) is 25.4. The zero-order chi connectivity index (χ0) is 30.1. The number of carbonyl (C=O) groups is 1. The molecule has 2 unspecified atom stereocenters. The lowest BCUT2D eigenvalue weighted by molar-refractivity contribution is -0.116. The highest BCUT2D eigenvalue weighted by Gasteiger charge is 2.31. The summed E-state index contributed by atoms with van der Waals surface area (Å²) in [6.07, 6.45) is 3.77. The molecule has 0 fully saturated rings. The molecule has 1 aliphatic rings. The van der Waals surface area contributed by atoms with Gasteiger partial charge in [0.05, 0.1) is 41.0 Å². The van der Waals surface area contributed by atoms with E-state index in [2.05, 4.69) is 38.8 Å². The molecule has 9 nitrogen and oxygen atoms in total. The first-order chi connectivity index (χ1) is 20.3. The van der Waals surface area contributed by atoms with Gasteiger partial charge in [0.2, 0.25) is 5.91 Å². The first-order valence-electron chi connectivity index (χ1n) is 14.3. The van der Waals surface area contributed by atoms with Gasteiger partial charge in [-0.25, -0.2) is 0 Å². The highest BCUT2D eigenvalue weighted by Crippen LogP contribution is 2.42. The summed E-state index contributed by atoms with van der Waals surface area (Å²) < 4.78 is 11.9. The fourth-order valence-corrected chi connectivity index (χ4v) is 5.19. The molecular weight excluding hydrogens is 552 g/mol. The number of anilines is 3. The molecule has 1 aliphatic heterocycles. The summed E-state index contributed by atoms with van der Waals surface area (Å²) in [5, 5.41) is 20.3. The summed E-state index contributed by atoms with van der Waals surface area (Å²) in [7, 11) is 3.97. The van der Waals surface area contributed by atoms with Crippen LogP contribution in [0.25, 0.3) is 0 Å². The van der Waals surface area contributed by atoms with Crippen LogP contribution in [0, 0.1) is 17.2 Å². The summed E-state index contributed by atoms with van der Waals surface area (Å²) in [5.41, 5.74) is 5.06. The van der Waals surface area contributed by atoms with E-state index in [0.717, 1.165) is 47.6 Å². The lowest BCUT2D eigenvalue weighted by Crippen LogP contribution is -2.31. The first-order valence-corrected chi connectivity index (χ1v) is 14.7. The number of pyridine rings is 1. The zero-order valence-electron chi connectivity index (χ0n) is 24.7. The average molecular weight is 591 g/mol. The molecule has 0 saturated heterocycles. The van der Waals surface area contributed by atoms with E-state index in [-0.39, 0.29) is 17.9 Å². The number of ether oxygens (including phenoxy) is 2. The van der Waals surface area contributed by atoms with Crippen molar-refractivity contribution in [3.8, 4) is 17.6 Å². The number of hydrogen-bond donors (Lipinski definition) is 3. The molecule has 3 aromatic rings. The molecule has 1 aromatic heterocycles. The Morgan fingerprint density at radius 3 is 2.74 bits per heavy atom. The molecule has 4 rings (SSSR count). The number of fused-ring (bicyclic) bond motifs is 1. The number of aryl methyl sites for hydroxylation is 1. The van der Waals surface area contributed by atoms with Gasteiger partial charge >= 0.3 is 0 Å². The molecule has 2 atom stereocenters. The van der Waals surface area contributed by atoms with Crippen molar-refractivity contribution in [1.29, 1.82) is 5.26 Å². The maximum atomic E-state index is 12.8. The normalized spacial score (nSPS) is 15.7. The second kappa shape index (κ2) is 14.8. The third-order valence-electron chi connectivity index (χ3n) is 7.13. The molecule has 2 aromatic carbocycles. The first kappa shape index (κ1) is 30.9. The Hall–Kier alpha value is -4.00. The van der Waals surface area contributed by atoms with Gasteiger partial charge in [0.1, 0.15) is 18.1 Å². The standard InChI is InChI=1S/C32H39ClN6O3/c1-5-21-9-7-13-35-28(21)20-42-29-12-11-23(15-25(29)33)37-32-22(18-34)19-36-26-17-30(41-6-2)27(16-24(26)32)38-31(40)10-8-14-39(3)4/h7,9,11-13,15-17,22,32,36-37H,5-6,8,10,14,19-20H2,1-4H3,(H,38,40). The van der Waals surface area contributed by atoms with Gasteiger partial charge in [0.25, 0.3) is 0 Å². The highest BCUT2D eigenvalue weighted by atomic mass is 35.5. The van der Waals surface area contributed by atoms with Crippen LogP contribution in [0.3, 0.4) is 0 Å². The van der Waals surface area contributed by atoms with E-state index in [1.807, 2.05) is 57.4 Å². The van der Waals surface area contributed by atoms with Gasteiger partial charge in [-0.2, -0.15) is 5.26 Å². The second-order valence-corrected chi connectivity index (χ2v) is 10.9. The molecule has 10 heteroatoms. The summed E-state index contributed by atoms with van der Waals surface area (Å²) >= 11 is 6.63. The van der Waals surface area contributed by atoms with Crippen LogP contribution in [0.5, 0.6) is 11.5 Å². The van der Waals surface area contributed by atoms with E-state index in [4.69, 9.17) is 21.1 Å². The van der Waals surface area contributed by atoms with Crippen molar-refractivity contribution < 1.29 is 14.3 Å². The Morgan fingerprint density at radius 2 is 2.02 bits per heavy atom. The molecule has 2 heterocycles. The maximum absolute atomic E-state index is 12.8. The predicted octanol–water partition coefficient (Wildman–Crippen LogP) is 6.27. The number of rotatable bonds is 13. The number of nitriles is 1. The van der Waals surface area contributed by atoms with E-state index in [1.54, 1.807) is 12.3 Å². The molecule has 0 aliphatic carbocycles. The van der Waals surface area contributed by atoms with Crippen molar-refractivity contribution in [2.75, 3.05) is 49.7 Å². The molecule has 42 heavy (non-hydrogen) atoms. The SMILES string of the molecule is CCOc1cc2c(cc1NC(=O)CCCN(C)C)C(Nc1ccc(OCc3ncccc3CC)c(Cl)c1)C(C#N)CN2. The molecule has 0 saturated carbocycles. The second-order valence-electron chi connectivity index (χ2n) is 10.5. The number of benzene rings is 2. The molecular formula is C32H39ClN6O3. The van der Waals surface area contributed by atoms with Crippen LogP contribution < -0.4 is 25.4 Å².